The van der Waals surface area contributed by atoms with Crippen molar-refractivity contribution < 1.29 is 27.9 Å². The van der Waals surface area contributed by atoms with Crippen molar-refractivity contribution in [2.45, 2.75) is 17.3 Å². The van der Waals surface area contributed by atoms with E-state index in [9.17, 15) is 23.1 Å². The van der Waals surface area contributed by atoms with E-state index in [-0.39, 0.29) is 33.7 Å². The summed E-state index contributed by atoms with van der Waals surface area (Å²) in [7, 11) is 1.63. The van der Waals surface area contributed by atoms with Crippen molar-refractivity contribution in [3.63, 3.8) is 0 Å². The van der Waals surface area contributed by atoms with E-state index in [1.807, 2.05) is 0 Å². The number of nitrogens with zero attached hydrogens (tertiary/aromatic N) is 4. The van der Waals surface area contributed by atoms with Gasteiger partial charge in [0.2, 0.25) is 0 Å². The Balaban J connectivity index is 2.12. The lowest BCUT2D eigenvalue weighted by Gasteiger charge is -2.07. The molecule has 0 atom stereocenters. The first kappa shape index (κ1) is 20.6. The average molecular weight is 424 g/mol. The zero-order chi connectivity index (χ0) is 21.2. The van der Waals surface area contributed by atoms with Gasteiger partial charge in [-0.3, -0.25) is 0 Å². The number of alkyl halides is 3. The van der Waals surface area contributed by atoms with Gasteiger partial charge in [0.25, 0.3) is 0 Å². The first-order valence-electron chi connectivity index (χ1n) is 8.32. The second kappa shape index (κ2) is 8.11. The maximum Gasteiger partial charge on any atom is 0.446 e. The van der Waals surface area contributed by atoms with Gasteiger partial charge >= 0.3 is 11.5 Å². The summed E-state index contributed by atoms with van der Waals surface area (Å²) in [6.07, 6.45) is 1.33. The van der Waals surface area contributed by atoms with Gasteiger partial charge in [-0.05, 0) is 49.0 Å². The normalized spacial score (nSPS) is 12.0. The fourth-order valence-electron chi connectivity index (χ4n) is 2.64. The van der Waals surface area contributed by atoms with Crippen molar-refractivity contribution >= 4 is 35.0 Å². The molecule has 2 heterocycles. The SMILES string of the molecule is CCO/N=C/c1ccc(C(=O)O)c(-c2nc3cc(SC(F)(F)F)ccc3n2C)n1. The number of halogens is 3. The maximum absolute atomic E-state index is 12.6. The molecule has 0 aliphatic heterocycles. The highest BCUT2D eigenvalue weighted by molar-refractivity contribution is 8.00. The third-order valence-corrected chi connectivity index (χ3v) is 4.55. The maximum atomic E-state index is 12.6. The van der Waals surface area contributed by atoms with Crippen molar-refractivity contribution in [3.05, 3.63) is 41.6 Å². The number of thioether (sulfide) groups is 1. The third-order valence-electron chi connectivity index (χ3n) is 3.83. The molecule has 1 aromatic carbocycles. The average Bonchev–Trinajstić information content (AvgIpc) is 2.96. The van der Waals surface area contributed by atoms with Gasteiger partial charge in [-0.1, -0.05) is 5.16 Å². The van der Waals surface area contributed by atoms with Gasteiger partial charge in [0.1, 0.15) is 12.3 Å². The summed E-state index contributed by atoms with van der Waals surface area (Å²) in [5.74, 6) is -1.00. The predicted octanol–water partition coefficient (Wildman–Crippen LogP) is 4.32. The molecule has 0 aliphatic rings. The Morgan fingerprint density at radius 1 is 1.31 bits per heavy atom. The Kier molecular flexibility index (Phi) is 5.78. The van der Waals surface area contributed by atoms with E-state index in [0.29, 0.717) is 23.3 Å². The molecule has 0 spiro atoms. The van der Waals surface area contributed by atoms with Crippen molar-refractivity contribution in [1.29, 1.82) is 0 Å². The molecule has 0 saturated carbocycles. The number of rotatable bonds is 6. The van der Waals surface area contributed by atoms with Gasteiger partial charge in [-0.2, -0.15) is 13.2 Å². The third kappa shape index (κ3) is 4.67. The Morgan fingerprint density at radius 2 is 2.07 bits per heavy atom. The van der Waals surface area contributed by atoms with Crippen molar-refractivity contribution in [2.75, 3.05) is 6.61 Å². The lowest BCUT2D eigenvalue weighted by molar-refractivity contribution is -0.0328. The van der Waals surface area contributed by atoms with Gasteiger partial charge in [-0.25, -0.2) is 14.8 Å². The van der Waals surface area contributed by atoms with E-state index >= 15 is 0 Å². The number of aromatic carboxylic acids is 1. The zero-order valence-corrected chi connectivity index (χ0v) is 16.1. The number of carboxylic acids is 1. The van der Waals surface area contributed by atoms with E-state index in [2.05, 4.69) is 15.1 Å². The number of fused-ring (bicyclic) bond motifs is 1. The Bertz CT molecular complexity index is 1100. The highest BCUT2D eigenvalue weighted by atomic mass is 32.2. The number of hydrogen-bond acceptors (Lipinski definition) is 6. The minimum Gasteiger partial charge on any atom is -0.478 e. The standard InChI is InChI=1S/C18H15F3N4O3S/c1-3-28-22-9-10-4-6-12(17(26)27)15(23-10)16-24-13-8-11(29-18(19,20)21)5-7-14(13)25(16)2/h4-9H,3H2,1-2H3,(H,26,27)/b22-9+. The van der Waals surface area contributed by atoms with Gasteiger partial charge in [0.15, 0.2) is 5.82 Å². The van der Waals surface area contributed by atoms with Crippen LogP contribution in [0.1, 0.15) is 23.0 Å². The summed E-state index contributed by atoms with van der Waals surface area (Å²) in [4.78, 5) is 25.1. The second-order valence-corrected chi connectivity index (χ2v) is 6.92. The van der Waals surface area contributed by atoms with Crippen molar-refractivity contribution in [3.8, 4) is 11.5 Å². The van der Waals surface area contributed by atoms with Crippen LogP contribution in [0.4, 0.5) is 13.2 Å². The minimum atomic E-state index is -4.42. The highest BCUT2D eigenvalue weighted by Gasteiger charge is 2.29. The van der Waals surface area contributed by atoms with Crippen LogP contribution in [-0.2, 0) is 11.9 Å². The van der Waals surface area contributed by atoms with E-state index in [1.165, 1.54) is 36.5 Å². The van der Waals surface area contributed by atoms with Crippen molar-refractivity contribution in [2.24, 2.45) is 12.2 Å². The fourth-order valence-corrected chi connectivity index (χ4v) is 3.22. The number of oxime groups is 1. The molecule has 0 amide bonds. The Labute approximate surface area is 167 Å². The van der Waals surface area contributed by atoms with Gasteiger partial charge in [-0.15, -0.1) is 0 Å². The number of hydrogen-bond donors (Lipinski definition) is 1. The van der Waals surface area contributed by atoms with Crippen LogP contribution < -0.4 is 0 Å². The van der Waals surface area contributed by atoms with Crippen LogP contribution in [0.25, 0.3) is 22.6 Å². The van der Waals surface area contributed by atoms with Gasteiger partial charge in [0, 0.05) is 11.9 Å². The minimum absolute atomic E-state index is 0.0151. The predicted molar refractivity (Wildman–Crippen MR) is 102 cm³/mol. The highest BCUT2D eigenvalue weighted by Crippen LogP contribution is 2.38. The molecule has 0 radical (unpaired) electrons. The van der Waals surface area contributed by atoms with E-state index in [4.69, 9.17) is 4.84 Å². The van der Waals surface area contributed by atoms with Gasteiger partial charge < -0.3 is 14.5 Å². The second-order valence-electron chi connectivity index (χ2n) is 5.78. The quantitative estimate of drug-likeness (QED) is 0.360. The topological polar surface area (TPSA) is 89.6 Å². The van der Waals surface area contributed by atoms with Crippen LogP contribution in [0.3, 0.4) is 0 Å². The molecule has 152 valence electrons. The fraction of sp³-hybridized carbons (Fsp3) is 0.222. The number of aromatic nitrogens is 3. The first-order valence-corrected chi connectivity index (χ1v) is 9.13. The van der Waals surface area contributed by atoms with E-state index in [1.54, 1.807) is 18.5 Å². The molecular weight excluding hydrogens is 409 g/mol. The molecule has 0 unspecified atom stereocenters. The first-order chi connectivity index (χ1) is 13.7. The number of carbonyl (C=O) groups is 1. The summed E-state index contributed by atoms with van der Waals surface area (Å²) in [6.45, 7) is 2.12. The molecule has 2 aromatic heterocycles. The van der Waals surface area contributed by atoms with Crippen LogP contribution in [0.5, 0.6) is 0 Å². The largest absolute Gasteiger partial charge is 0.478 e. The molecule has 29 heavy (non-hydrogen) atoms. The molecule has 3 rings (SSSR count). The summed E-state index contributed by atoms with van der Waals surface area (Å²) < 4.78 is 39.5. The number of pyridine rings is 1. The molecular formula is C18H15F3N4O3S. The number of carboxylic acid groups (broad SMARTS) is 1. The zero-order valence-electron chi connectivity index (χ0n) is 15.3. The van der Waals surface area contributed by atoms with Crippen LogP contribution >= 0.6 is 11.8 Å². The molecule has 7 nitrogen and oxygen atoms in total. The molecule has 0 bridgehead atoms. The van der Waals surface area contributed by atoms with Crippen molar-refractivity contribution in [1.82, 2.24) is 14.5 Å². The lowest BCUT2D eigenvalue weighted by Crippen LogP contribution is -2.06. The summed E-state index contributed by atoms with van der Waals surface area (Å²) in [5.41, 5.74) is -3.26. The molecule has 0 saturated heterocycles. The lowest BCUT2D eigenvalue weighted by atomic mass is 10.1. The molecule has 0 fully saturated rings. The number of imidazole rings is 1. The van der Waals surface area contributed by atoms with Gasteiger partial charge in [0.05, 0.1) is 28.5 Å². The molecule has 1 N–H and O–H groups in total. The number of aryl methyl sites for hydroxylation is 1. The summed E-state index contributed by atoms with van der Waals surface area (Å²) in [6, 6.07) is 6.97. The van der Waals surface area contributed by atoms with Crippen LogP contribution in [0.15, 0.2) is 40.4 Å². The van der Waals surface area contributed by atoms with E-state index < -0.39 is 11.5 Å². The monoisotopic (exact) mass is 424 g/mol. The number of benzene rings is 1. The molecule has 0 aliphatic carbocycles. The molecule has 3 aromatic rings. The summed E-state index contributed by atoms with van der Waals surface area (Å²) >= 11 is -0.242. The van der Waals surface area contributed by atoms with Crippen LogP contribution in [0, 0.1) is 0 Å². The molecule has 11 heteroatoms. The van der Waals surface area contributed by atoms with Crippen LogP contribution in [-0.4, -0.2) is 43.9 Å². The summed E-state index contributed by atoms with van der Waals surface area (Å²) in [5, 5.41) is 13.2. The Hall–Kier alpha value is -3.08. The van der Waals surface area contributed by atoms with E-state index in [0.717, 1.165) is 0 Å². The Morgan fingerprint density at radius 3 is 2.72 bits per heavy atom. The smallest absolute Gasteiger partial charge is 0.446 e. The van der Waals surface area contributed by atoms with Crippen LogP contribution in [0.2, 0.25) is 0 Å².